The van der Waals surface area contributed by atoms with E-state index in [2.05, 4.69) is 31.8 Å². The first kappa shape index (κ1) is 24.0. The van der Waals surface area contributed by atoms with Gasteiger partial charge in [0.1, 0.15) is 6.04 Å². The number of nitrogens with zero attached hydrogens (tertiary/aromatic N) is 1. The lowest BCUT2D eigenvalue weighted by Gasteiger charge is -2.20. The van der Waals surface area contributed by atoms with Gasteiger partial charge in [-0.05, 0) is 57.7 Å². The average molecular weight is 517 g/mol. The number of phenols is 1. The fourth-order valence-electron chi connectivity index (χ4n) is 2.46. The van der Waals surface area contributed by atoms with Crippen LogP contribution < -0.4 is 15.5 Å². The largest absolute Gasteiger partial charge is 0.503 e. The van der Waals surface area contributed by atoms with Crippen molar-refractivity contribution in [2.75, 3.05) is 7.11 Å². The third kappa shape index (κ3) is 6.10. The van der Waals surface area contributed by atoms with Crippen molar-refractivity contribution in [1.82, 2.24) is 10.7 Å². The summed E-state index contributed by atoms with van der Waals surface area (Å²) in [5, 5.41) is 17.0. The van der Waals surface area contributed by atoms with E-state index in [1.165, 1.54) is 31.5 Å². The topological polar surface area (TPSA) is 100 Å². The summed E-state index contributed by atoms with van der Waals surface area (Å²) in [5.74, 6) is -0.928. The molecule has 1 atom stereocenters. The highest BCUT2D eigenvalue weighted by atomic mass is 79.9. The molecule has 0 fully saturated rings. The van der Waals surface area contributed by atoms with Crippen LogP contribution in [0.1, 0.15) is 29.8 Å². The third-order valence-corrected chi connectivity index (χ3v) is 5.42. The molecule has 7 nitrogen and oxygen atoms in total. The van der Waals surface area contributed by atoms with Crippen molar-refractivity contribution >= 4 is 57.2 Å². The van der Waals surface area contributed by atoms with Crippen molar-refractivity contribution in [3.05, 3.63) is 56.0 Å². The number of rotatable bonds is 7. The zero-order chi connectivity index (χ0) is 22.4. The number of ether oxygens (including phenoxy) is 1. The van der Waals surface area contributed by atoms with Crippen LogP contribution in [0.4, 0.5) is 0 Å². The van der Waals surface area contributed by atoms with Gasteiger partial charge in [0, 0.05) is 5.56 Å². The Kier molecular flexibility index (Phi) is 8.52. The summed E-state index contributed by atoms with van der Waals surface area (Å²) in [4.78, 5) is 25.0. The summed E-state index contributed by atoms with van der Waals surface area (Å²) in [5.41, 5.74) is 3.28. The lowest BCUT2D eigenvalue weighted by Crippen LogP contribution is -2.48. The molecule has 2 amide bonds. The van der Waals surface area contributed by atoms with Gasteiger partial charge in [-0.15, -0.1) is 0 Å². The minimum absolute atomic E-state index is 0.0384. The zero-order valence-corrected chi connectivity index (χ0v) is 19.5. The van der Waals surface area contributed by atoms with Crippen LogP contribution >= 0.6 is 39.1 Å². The van der Waals surface area contributed by atoms with Gasteiger partial charge in [0.05, 0.1) is 27.8 Å². The van der Waals surface area contributed by atoms with E-state index in [1.807, 2.05) is 0 Å². The van der Waals surface area contributed by atoms with Crippen LogP contribution in [-0.4, -0.2) is 36.3 Å². The minimum Gasteiger partial charge on any atom is -0.503 e. The number of carbonyl (C=O) groups excluding carboxylic acids is 2. The van der Waals surface area contributed by atoms with Gasteiger partial charge in [-0.25, -0.2) is 5.43 Å². The number of benzene rings is 2. The Bertz CT molecular complexity index is 983. The number of halogens is 3. The number of hydrazone groups is 1. The van der Waals surface area contributed by atoms with Gasteiger partial charge in [0.2, 0.25) is 0 Å². The highest BCUT2D eigenvalue weighted by Crippen LogP contribution is 2.34. The first-order valence-corrected chi connectivity index (χ1v) is 10.3. The number of phenolic OH excluding ortho intramolecular Hbond substituents is 1. The molecule has 1 unspecified atom stereocenters. The molecular formula is C20H20BrCl2N3O4. The van der Waals surface area contributed by atoms with E-state index in [9.17, 15) is 14.7 Å². The first-order valence-electron chi connectivity index (χ1n) is 8.79. The number of methoxy groups -OCH3 is 1. The van der Waals surface area contributed by atoms with Crippen LogP contribution in [0.15, 0.2) is 39.9 Å². The highest BCUT2D eigenvalue weighted by Gasteiger charge is 2.24. The predicted molar refractivity (Wildman–Crippen MR) is 121 cm³/mol. The summed E-state index contributed by atoms with van der Waals surface area (Å²) in [7, 11) is 1.42. The molecule has 0 saturated heterocycles. The van der Waals surface area contributed by atoms with Crippen molar-refractivity contribution in [2.45, 2.75) is 19.9 Å². The van der Waals surface area contributed by atoms with Crippen LogP contribution in [0.25, 0.3) is 0 Å². The molecule has 30 heavy (non-hydrogen) atoms. The van der Waals surface area contributed by atoms with Crippen LogP contribution in [-0.2, 0) is 4.79 Å². The van der Waals surface area contributed by atoms with Gasteiger partial charge < -0.3 is 15.2 Å². The van der Waals surface area contributed by atoms with Crippen LogP contribution in [0, 0.1) is 5.92 Å². The summed E-state index contributed by atoms with van der Waals surface area (Å²) >= 11 is 15.0. The third-order valence-electron chi connectivity index (χ3n) is 4.08. The molecule has 0 heterocycles. The summed E-state index contributed by atoms with van der Waals surface area (Å²) in [6, 6.07) is 6.81. The molecule has 0 aliphatic rings. The maximum absolute atomic E-state index is 12.5. The Labute approximate surface area is 192 Å². The maximum Gasteiger partial charge on any atom is 0.262 e. The molecule has 2 rings (SSSR count). The lowest BCUT2D eigenvalue weighted by molar-refractivity contribution is -0.123. The molecule has 3 N–H and O–H groups in total. The Hall–Kier alpha value is -2.29. The molecule has 0 bridgehead atoms. The molecule has 160 valence electrons. The summed E-state index contributed by atoms with van der Waals surface area (Å²) in [6.45, 7) is 3.59. The molecule has 2 aromatic carbocycles. The molecule has 0 radical (unpaired) electrons. The van der Waals surface area contributed by atoms with Gasteiger partial charge in [-0.1, -0.05) is 37.0 Å². The maximum atomic E-state index is 12.5. The molecule has 0 aliphatic heterocycles. The molecular weight excluding hydrogens is 497 g/mol. The molecule has 0 saturated carbocycles. The van der Waals surface area contributed by atoms with Crippen molar-refractivity contribution in [2.24, 2.45) is 11.0 Å². The van der Waals surface area contributed by atoms with Gasteiger partial charge in [0.25, 0.3) is 11.8 Å². The van der Waals surface area contributed by atoms with Gasteiger partial charge in [0.15, 0.2) is 11.5 Å². The predicted octanol–water partition coefficient (Wildman–Crippen LogP) is 4.37. The SMILES string of the molecule is COc1cc(C=NNC(=O)C(NC(=O)c2ccc(Cl)c(Cl)c2)C(C)C)cc(Br)c1O. The second-order valence-electron chi connectivity index (χ2n) is 6.61. The second kappa shape index (κ2) is 10.7. The van der Waals surface area contributed by atoms with Gasteiger partial charge in [-0.3, -0.25) is 9.59 Å². The van der Waals surface area contributed by atoms with Gasteiger partial charge >= 0.3 is 0 Å². The van der Waals surface area contributed by atoms with Crippen molar-refractivity contribution in [3.63, 3.8) is 0 Å². The summed E-state index contributed by atoms with van der Waals surface area (Å²) in [6.07, 6.45) is 1.39. The number of hydrogen-bond acceptors (Lipinski definition) is 5. The molecule has 0 aliphatic carbocycles. The number of amides is 2. The monoisotopic (exact) mass is 515 g/mol. The normalized spacial score (nSPS) is 12.1. The first-order chi connectivity index (χ1) is 14.1. The fraction of sp³-hybridized carbons (Fsp3) is 0.250. The van der Waals surface area contributed by atoms with Crippen LogP contribution in [0.3, 0.4) is 0 Å². The van der Waals surface area contributed by atoms with E-state index in [0.29, 0.717) is 15.1 Å². The minimum atomic E-state index is -0.829. The van der Waals surface area contributed by atoms with Gasteiger partial charge in [-0.2, -0.15) is 5.10 Å². The highest BCUT2D eigenvalue weighted by molar-refractivity contribution is 9.10. The molecule has 10 heteroatoms. The van der Waals surface area contributed by atoms with Crippen LogP contribution in [0.2, 0.25) is 10.0 Å². The Morgan fingerprint density at radius 2 is 1.90 bits per heavy atom. The van der Waals surface area contributed by atoms with E-state index >= 15 is 0 Å². The van der Waals surface area contributed by atoms with Crippen molar-refractivity contribution in [3.8, 4) is 11.5 Å². The lowest BCUT2D eigenvalue weighted by atomic mass is 10.0. The Balaban J connectivity index is 2.08. The molecule has 2 aromatic rings. The van der Waals surface area contributed by atoms with Crippen LogP contribution in [0.5, 0.6) is 11.5 Å². The second-order valence-corrected chi connectivity index (χ2v) is 8.28. The van der Waals surface area contributed by atoms with E-state index < -0.39 is 17.9 Å². The smallest absolute Gasteiger partial charge is 0.262 e. The number of hydrogen-bond donors (Lipinski definition) is 3. The van der Waals surface area contributed by atoms with E-state index in [1.54, 1.807) is 26.0 Å². The summed E-state index contributed by atoms with van der Waals surface area (Å²) < 4.78 is 5.49. The van der Waals surface area contributed by atoms with E-state index in [0.717, 1.165) is 0 Å². The standard InChI is InChI=1S/C20H20BrCl2N3O4/c1-10(2)17(25-19(28)12-4-5-14(22)15(23)8-12)20(29)26-24-9-11-6-13(21)18(27)16(7-11)30-3/h4-10,17,27H,1-3H3,(H,25,28)(H,26,29). The zero-order valence-electron chi connectivity index (χ0n) is 16.4. The number of aromatic hydroxyl groups is 1. The Morgan fingerprint density at radius 1 is 1.20 bits per heavy atom. The number of nitrogens with one attached hydrogen (secondary N) is 2. The average Bonchev–Trinajstić information content (AvgIpc) is 2.70. The number of carbonyl (C=O) groups is 2. The van der Waals surface area contributed by atoms with Crippen molar-refractivity contribution < 1.29 is 19.4 Å². The fourth-order valence-corrected chi connectivity index (χ4v) is 3.22. The quantitative estimate of drug-likeness (QED) is 0.375. The molecule has 0 aromatic heterocycles. The Morgan fingerprint density at radius 3 is 2.50 bits per heavy atom. The van der Waals surface area contributed by atoms with E-state index in [-0.39, 0.29) is 28.0 Å². The van der Waals surface area contributed by atoms with E-state index in [4.69, 9.17) is 27.9 Å². The molecule has 0 spiro atoms. The van der Waals surface area contributed by atoms with Crippen molar-refractivity contribution in [1.29, 1.82) is 0 Å².